The van der Waals surface area contributed by atoms with Crippen molar-refractivity contribution in [3.05, 3.63) is 18.5 Å². The van der Waals surface area contributed by atoms with E-state index in [9.17, 15) is 4.79 Å². The van der Waals surface area contributed by atoms with E-state index in [-0.39, 0.29) is 11.9 Å². The molecule has 0 aliphatic heterocycles. The highest BCUT2D eigenvalue weighted by Crippen LogP contribution is 2.31. The zero-order chi connectivity index (χ0) is 16.2. The zero-order valence-corrected chi connectivity index (χ0v) is 14.2. The van der Waals surface area contributed by atoms with E-state index >= 15 is 0 Å². The number of hydrogen-bond acceptors (Lipinski definition) is 6. The Morgan fingerprint density at radius 3 is 2.78 bits per heavy atom. The Kier molecular flexibility index (Phi) is 4.94. The minimum Gasteiger partial charge on any atom is -0.346 e. The molecular formula is C14H21N7OS. The van der Waals surface area contributed by atoms with Crippen molar-refractivity contribution in [2.24, 2.45) is 7.05 Å². The predicted octanol–water partition coefficient (Wildman–Crippen LogP) is 1.49. The number of amides is 1. The van der Waals surface area contributed by atoms with E-state index in [1.165, 1.54) is 24.6 Å². The molecule has 3 rings (SSSR count). The van der Waals surface area contributed by atoms with Gasteiger partial charge in [0.1, 0.15) is 12.7 Å². The van der Waals surface area contributed by atoms with Crippen LogP contribution in [0.4, 0.5) is 0 Å². The Bertz CT molecular complexity index is 662. The summed E-state index contributed by atoms with van der Waals surface area (Å²) in [6.45, 7) is 1.94. The van der Waals surface area contributed by atoms with Crippen molar-refractivity contribution in [1.82, 2.24) is 34.8 Å². The van der Waals surface area contributed by atoms with Crippen molar-refractivity contribution in [1.29, 1.82) is 0 Å². The van der Waals surface area contributed by atoms with Crippen LogP contribution in [-0.2, 0) is 11.8 Å². The van der Waals surface area contributed by atoms with Crippen LogP contribution in [0, 0.1) is 0 Å². The monoisotopic (exact) mass is 335 g/mol. The van der Waals surface area contributed by atoms with Crippen LogP contribution in [0.5, 0.6) is 0 Å². The maximum absolute atomic E-state index is 12.1. The number of hydrogen-bond donors (Lipinski definition) is 1. The lowest BCUT2D eigenvalue weighted by molar-refractivity contribution is -0.119. The molecule has 1 amide bonds. The van der Waals surface area contributed by atoms with E-state index in [4.69, 9.17) is 0 Å². The molecule has 0 saturated heterocycles. The van der Waals surface area contributed by atoms with Gasteiger partial charge in [-0.2, -0.15) is 0 Å². The van der Waals surface area contributed by atoms with Gasteiger partial charge in [-0.05, 0) is 19.8 Å². The molecule has 1 aliphatic carbocycles. The molecule has 2 aromatic heterocycles. The zero-order valence-electron chi connectivity index (χ0n) is 13.3. The van der Waals surface area contributed by atoms with Gasteiger partial charge in [-0.1, -0.05) is 24.6 Å². The number of nitrogens with zero attached hydrogens (tertiary/aromatic N) is 6. The van der Waals surface area contributed by atoms with Crippen LogP contribution in [0.2, 0.25) is 0 Å². The summed E-state index contributed by atoms with van der Waals surface area (Å²) in [5.74, 6) is 1.08. The molecule has 0 spiro atoms. The topological polar surface area (TPSA) is 90.5 Å². The summed E-state index contributed by atoms with van der Waals surface area (Å²) in [5, 5.41) is 19.7. The van der Waals surface area contributed by atoms with Crippen molar-refractivity contribution in [2.45, 2.75) is 49.8 Å². The third-order valence-electron chi connectivity index (χ3n) is 4.09. The van der Waals surface area contributed by atoms with E-state index in [1.54, 1.807) is 17.2 Å². The van der Waals surface area contributed by atoms with Crippen LogP contribution < -0.4 is 5.32 Å². The Morgan fingerprint density at radius 2 is 2.09 bits per heavy atom. The lowest BCUT2D eigenvalue weighted by atomic mass is 10.2. The number of carbonyl (C=O) groups excluding carboxylic acids is 1. The maximum atomic E-state index is 12.1. The Labute approximate surface area is 139 Å². The third-order valence-corrected chi connectivity index (χ3v) is 5.12. The van der Waals surface area contributed by atoms with Gasteiger partial charge in [0.25, 0.3) is 0 Å². The van der Waals surface area contributed by atoms with Gasteiger partial charge < -0.3 is 14.5 Å². The Hall–Kier alpha value is -1.90. The number of aromatic nitrogens is 6. The summed E-state index contributed by atoms with van der Waals surface area (Å²) in [6.07, 6.45) is 8.21. The number of nitrogens with one attached hydrogen (secondary N) is 1. The molecule has 0 aromatic carbocycles. The minimum atomic E-state index is -0.161. The highest BCUT2D eigenvalue weighted by atomic mass is 32.2. The average Bonchev–Trinajstić information content (AvgIpc) is 3.26. The first-order chi connectivity index (χ1) is 11.1. The number of rotatable bonds is 6. The summed E-state index contributed by atoms with van der Waals surface area (Å²) in [4.78, 5) is 12.1. The van der Waals surface area contributed by atoms with E-state index in [0.29, 0.717) is 11.8 Å². The van der Waals surface area contributed by atoms with Crippen LogP contribution in [0.25, 0.3) is 0 Å². The molecule has 8 nitrogen and oxygen atoms in total. The molecule has 0 radical (unpaired) electrons. The standard InChI is InChI=1S/C14H21N7OS/c1-10(13-18-16-9-21(13)11-5-3-4-6-11)17-12(22)7-23-14-19-15-8-20(14)2/h8-11H,3-7H2,1-2H3,(H,17,22). The fourth-order valence-electron chi connectivity index (χ4n) is 2.91. The summed E-state index contributed by atoms with van der Waals surface area (Å²) >= 11 is 1.37. The first-order valence-corrected chi connectivity index (χ1v) is 8.79. The fourth-order valence-corrected chi connectivity index (χ4v) is 3.61. The van der Waals surface area contributed by atoms with Gasteiger partial charge in [0.05, 0.1) is 11.8 Å². The van der Waals surface area contributed by atoms with Gasteiger partial charge in [-0.3, -0.25) is 4.79 Å². The molecule has 1 N–H and O–H groups in total. The largest absolute Gasteiger partial charge is 0.346 e. The van der Waals surface area contributed by atoms with Gasteiger partial charge >= 0.3 is 0 Å². The van der Waals surface area contributed by atoms with E-state index in [1.807, 2.05) is 14.0 Å². The van der Waals surface area contributed by atoms with Gasteiger partial charge in [-0.15, -0.1) is 20.4 Å². The molecule has 2 heterocycles. The van der Waals surface area contributed by atoms with Crippen LogP contribution in [0.1, 0.15) is 50.5 Å². The molecule has 9 heteroatoms. The quantitative estimate of drug-likeness (QED) is 0.804. The molecule has 1 atom stereocenters. The highest BCUT2D eigenvalue weighted by Gasteiger charge is 2.23. The molecule has 1 unspecified atom stereocenters. The summed E-state index contributed by atoms with van der Waals surface area (Å²) in [7, 11) is 1.85. The van der Waals surface area contributed by atoms with E-state index in [2.05, 4.69) is 30.3 Å². The first-order valence-electron chi connectivity index (χ1n) is 7.80. The Morgan fingerprint density at radius 1 is 1.35 bits per heavy atom. The van der Waals surface area contributed by atoms with E-state index in [0.717, 1.165) is 23.8 Å². The van der Waals surface area contributed by atoms with Gasteiger partial charge in [-0.25, -0.2) is 0 Å². The van der Waals surface area contributed by atoms with Crippen molar-refractivity contribution < 1.29 is 4.79 Å². The van der Waals surface area contributed by atoms with E-state index < -0.39 is 0 Å². The molecule has 124 valence electrons. The smallest absolute Gasteiger partial charge is 0.231 e. The molecule has 1 fully saturated rings. The highest BCUT2D eigenvalue weighted by molar-refractivity contribution is 7.99. The minimum absolute atomic E-state index is 0.0496. The van der Waals surface area contributed by atoms with Gasteiger partial charge in [0.15, 0.2) is 11.0 Å². The van der Waals surface area contributed by atoms with Crippen molar-refractivity contribution >= 4 is 17.7 Å². The SMILES string of the molecule is CC(NC(=O)CSc1nncn1C)c1nncn1C1CCCC1. The number of thioether (sulfide) groups is 1. The first kappa shape index (κ1) is 16.0. The molecular weight excluding hydrogens is 314 g/mol. The lowest BCUT2D eigenvalue weighted by Gasteiger charge is -2.18. The Balaban J connectivity index is 1.56. The second-order valence-electron chi connectivity index (χ2n) is 5.84. The van der Waals surface area contributed by atoms with Crippen LogP contribution in [0.3, 0.4) is 0 Å². The molecule has 1 saturated carbocycles. The van der Waals surface area contributed by atoms with Crippen molar-refractivity contribution in [3.63, 3.8) is 0 Å². The van der Waals surface area contributed by atoms with Crippen LogP contribution in [0.15, 0.2) is 17.8 Å². The normalized spacial score (nSPS) is 16.6. The molecule has 0 bridgehead atoms. The number of aryl methyl sites for hydroxylation is 1. The third kappa shape index (κ3) is 3.72. The second kappa shape index (κ2) is 7.12. The second-order valence-corrected chi connectivity index (χ2v) is 6.78. The van der Waals surface area contributed by atoms with Crippen molar-refractivity contribution in [3.8, 4) is 0 Å². The average molecular weight is 335 g/mol. The van der Waals surface area contributed by atoms with Crippen LogP contribution in [-0.4, -0.2) is 41.2 Å². The predicted molar refractivity (Wildman–Crippen MR) is 85.8 cm³/mol. The maximum Gasteiger partial charge on any atom is 0.231 e. The summed E-state index contributed by atoms with van der Waals surface area (Å²) in [6, 6.07) is 0.304. The van der Waals surface area contributed by atoms with Crippen LogP contribution >= 0.6 is 11.8 Å². The van der Waals surface area contributed by atoms with Gasteiger partial charge in [0.2, 0.25) is 5.91 Å². The molecule has 2 aromatic rings. The summed E-state index contributed by atoms with van der Waals surface area (Å²) in [5.41, 5.74) is 0. The van der Waals surface area contributed by atoms with Crippen molar-refractivity contribution in [2.75, 3.05) is 5.75 Å². The molecule has 1 aliphatic rings. The number of carbonyl (C=O) groups is 1. The fraction of sp³-hybridized carbons (Fsp3) is 0.643. The van der Waals surface area contributed by atoms with Gasteiger partial charge in [0, 0.05) is 13.1 Å². The summed E-state index contributed by atoms with van der Waals surface area (Å²) < 4.78 is 3.91. The molecule has 23 heavy (non-hydrogen) atoms. The lowest BCUT2D eigenvalue weighted by Crippen LogP contribution is -2.30.